The number of thiophene rings is 1. The number of hydrogen-bond acceptors (Lipinski definition) is 9. The number of ether oxygens (including phenoxy) is 1. The summed E-state index contributed by atoms with van der Waals surface area (Å²) in [7, 11) is -2.00. The highest BCUT2D eigenvalue weighted by atomic mass is 32.2. The SMILES string of the molecule is CN(C[C@](C)(CCN1CCC(N(CCO)C(=O)OCc2ccc([N+](=O)[O-])cc2)CC1)c1ccsc1)S(=O)(=O)c1ccccc1. The number of likely N-dealkylation sites (tertiary alicyclic amines) is 1. The average molecular weight is 645 g/mol. The summed E-state index contributed by atoms with van der Waals surface area (Å²) >= 11 is 1.60. The molecule has 1 atom stereocenters. The van der Waals surface area contributed by atoms with Crippen LogP contribution in [0, 0.1) is 10.1 Å². The van der Waals surface area contributed by atoms with Crippen molar-refractivity contribution in [3.8, 4) is 0 Å². The number of carbonyl (C=O) groups excluding carboxylic acids is 1. The molecule has 44 heavy (non-hydrogen) atoms. The number of nitro groups is 1. The Labute approximate surface area is 262 Å². The van der Waals surface area contributed by atoms with E-state index in [0.29, 0.717) is 24.9 Å². The quantitative estimate of drug-likeness (QED) is 0.197. The van der Waals surface area contributed by atoms with Gasteiger partial charge in [-0.2, -0.15) is 11.3 Å². The van der Waals surface area contributed by atoms with Gasteiger partial charge < -0.3 is 19.6 Å². The van der Waals surface area contributed by atoms with Crippen LogP contribution in [-0.4, -0.2) is 91.1 Å². The van der Waals surface area contributed by atoms with Gasteiger partial charge in [-0.1, -0.05) is 25.1 Å². The minimum atomic E-state index is -3.64. The molecule has 4 rings (SSSR count). The van der Waals surface area contributed by atoms with Crippen molar-refractivity contribution in [1.82, 2.24) is 14.1 Å². The maximum Gasteiger partial charge on any atom is 0.410 e. The third-order valence-electron chi connectivity index (χ3n) is 8.30. The lowest BCUT2D eigenvalue weighted by Gasteiger charge is -2.40. The number of non-ortho nitro benzene ring substituents is 1. The van der Waals surface area contributed by atoms with E-state index in [0.717, 1.165) is 31.6 Å². The Morgan fingerprint density at radius 3 is 2.41 bits per heavy atom. The van der Waals surface area contributed by atoms with E-state index < -0.39 is 26.5 Å². The summed E-state index contributed by atoms with van der Waals surface area (Å²) in [5, 5.41) is 24.6. The summed E-state index contributed by atoms with van der Waals surface area (Å²) in [6.07, 6.45) is 1.65. The smallest absolute Gasteiger partial charge is 0.410 e. The molecule has 1 aliphatic heterocycles. The van der Waals surface area contributed by atoms with E-state index in [2.05, 4.69) is 23.3 Å². The van der Waals surface area contributed by atoms with Crippen molar-refractivity contribution in [3.05, 3.63) is 92.7 Å². The molecular formula is C31H40N4O7S2. The van der Waals surface area contributed by atoms with Crippen LogP contribution >= 0.6 is 11.3 Å². The van der Waals surface area contributed by atoms with E-state index in [1.807, 2.05) is 5.38 Å². The van der Waals surface area contributed by atoms with Crippen molar-refractivity contribution in [2.75, 3.05) is 46.4 Å². The molecular weight excluding hydrogens is 604 g/mol. The molecule has 13 heteroatoms. The fourth-order valence-electron chi connectivity index (χ4n) is 5.60. The molecule has 2 aromatic carbocycles. The second-order valence-electron chi connectivity index (χ2n) is 11.4. The van der Waals surface area contributed by atoms with Crippen LogP contribution in [-0.2, 0) is 26.8 Å². The van der Waals surface area contributed by atoms with Gasteiger partial charge in [0, 0.05) is 56.8 Å². The average Bonchev–Trinajstić information content (AvgIpc) is 3.59. The lowest BCUT2D eigenvalue weighted by molar-refractivity contribution is -0.384. The Morgan fingerprint density at radius 1 is 1.14 bits per heavy atom. The summed E-state index contributed by atoms with van der Waals surface area (Å²) in [5.41, 5.74) is 1.31. The van der Waals surface area contributed by atoms with E-state index in [1.165, 1.54) is 16.4 Å². The van der Waals surface area contributed by atoms with Crippen molar-refractivity contribution in [3.63, 3.8) is 0 Å². The fourth-order valence-corrected chi connectivity index (χ4v) is 7.73. The molecule has 238 valence electrons. The Kier molecular flexibility index (Phi) is 11.5. The predicted molar refractivity (Wildman–Crippen MR) is 169 cm³/mol. The van der Waals surface area contributed by atoms with Gasteiger partial charge in [0.15, 0.2) is 0 Å². The van der Waals surface area contributed by atoms with E-state index in [4.69, 9.17) is 4.74 Å². The van der Waals surface area contributed by atoms with E-state index >= 15 is 0 Å². The van der Waals surface area contributed by atoms with Crippen LogP contribution < -0.4 is 0 Å². The maximum atomic E-state index is 13.3. The predicted octanol–water partition coefficient (Wildman–Crippen LogP) is 4.72. The number of carbonyl (C=O) groups is 1. The molecule has 0 bridgehead atoms. The number of piperidine rings is 1. The number of sulfonamides is 1. The fraction of sp³-hybridized carbons (Fsp3) is 0.452. The lowest BCUT2D eigenvalue weighted by atomic mass is 9.80. The standard InChI is InChI=1S/C31H40N4O7S2/c1-31(26-14-21-43-23-26,24-32(2)44(40,41)29-6-4-3-5-7-29)15-18-33-16-12-27(13-17-33)34(19-20-36)30(37)42-22-25-8-10-28(11-9-25)35(38)39/h3-11,14,21,23,27,36H,12-13,15-20,22,24H2,1-2H3/t31-/m0/s1. The number of nitro benzene ring substituents is 1. The summed E-state index contributed by atoms with van der Waals surface area (Å²) in [4.78, 5) is 27.5. The van der Waals surface area contributed by atoms with Gasteiger partial charge in [-0.25, -0.2) is 17.5 Å². The molecule has 0 spiro atoms. The molecule has 1 aromatic heterocycles. The summed E-state index contributed by atoms with van der Waals surface area (Å²) in [6.45, 7) is 4.66. The van der Waals surface area contributed by atoms with E-state index in [-0.39, 0.29) is 36.4 Å². The first-order valence-corrected chi connectivity index (χ1v) is 17.0. The van der Waals surface area contributed by atoms with Gasteiger partial charge in [-0.05, 0) is 78.0 Å². The zero-order valence-corrected chi connectivity index (χ0v) is 26.7. The minimum Gasteiger partial charge on any atom is -0.445 e. The molecule has 0 saturated carbocycles. The van der Waals surface area contributed by atoms with Crippen molar-refractivity contribution < 1.29 is 28.0 Å². The molecule has 1 amide bonds. The van der Waals surface area contributed by atoms with Crippen LogP contribution in [0.1, 0.15) is 37.3 Å². The first-order chi connectivity index (χ1) is 21.0. The Morgan fingerprint density at radius 2 is 1.82 bits per heavy atom. The van der Waals surface area contributed by atoms with Crippen LogP contribution in [0.25, 0.3) is 0 Å². The number of aliphatic hydroxyl groups excluding tert-OH is 1. The molecule has 1 N–H and O–H groups in total. The lowest BCUT2D eigenvalue weighted by Crippen LogP contribution is -2.49. The van der Waals surface area contributed by atoms with Gasteiger partial charge >= 0.3 is 6.09 Å². The van der Waals surface area contributed by atoms with Crippen molar-refractivity contribution >= 4 is 33.1 Å². The number of benzene rings is 2. The first-order valence-electron chi connectivity index (χ1n) is 14.6. The molecule has 3 aromatic rings. The Bertz CT molecular complexity index is 1460. The third-order valence-corrected chi connectivity index (χ3v) is 10.8. The molecule has 1 fully saturated rings. The second-order valence-corrected chi connectivity index (χ2v) is 14.2. The largest absolute Gasteiger partial charge is 0.445 e. The van der Waals surface area contributed by atoms with Gasteiger partial charge in [0.2, 0.25) is 10.0 Å². The van der Waals surface area contributed by atoms with Gasteiger partial charge in [0.05, 0.1) is 16.4 Å². The van der Waals surface area contributed by atoms with Crippen LogP contribution in [0.4, 0.5) is 10.5 Å². The van der Waals surface area contributed by atoms with Gasteiger partial charge in [0.1, 0.15) is 6.61 Å². The summed E-state index contributed by atoms with van der Waals surface area (Å²) in [6, 6.07) is 16.3. The molecule has 1 saturated heterocycles. The number of likely N-dealkylation sites (N-methyl/N-ethyl adjacent to an activating group) is 1. The highest BCUT2D eigenvalue weighted by Gasteiger charge is 2.35. The minimum absolute atomic E-state index is 0.0206. The molecule has 11 nitrogen and oxygen atoms in total. The third kappa shape index (κ3) is 8.42. The van der Waals surface area contributed by atoms with Crippen molar-refractivity contribution in [2.45, 2.75) is 49.1 Å². The number of aliphatic hydroxyl groups is 1. The first kappa shape index (κ1) is 33.5. The molecule has 0 radical (unpaired) electrons. The van der Waals surface area contributed by atoms with Gasteiger partial charge in [0.25, 0.3) is 5.69 Å². The summed E-state index contributed by atoms with van der Waals surface area (Å²) in [5.74, 6) is 0. The van der Waals surface area contributed by atoms with Gasteiger partial charge in [-0.3, -0.25) is 10.1 Å². The van der Waals surface area contributed by atoms with Crippen LogP contribution in [0.15, 0.2) is 76.3 Å². The Hall–Kier alpha value is -3.36. The van der Waals surface area contributed by atoms with Gasteiger partial charge in [-0.15, -0.1) is 0 Å². The maximum absolute atomic E-state index is 13.3. The van der Waals surface area contributed by atoms with Crippen LogP contribution in [0.5, 0.6) is 0 Å². The van der Waals surface area contributed by atoms with Crippen molar-refractivity contribution in [2.24, 2.45) is 0 Å². The monoisotopic (exact) mass is 644 g/mol. The normalized spacial score (nSPS) is 16.0. The van der Waals surface area contributed by atoms with E-state index in [1.54, 1.807) is 65.7 Å². The highest BCUT2D eigenvalue weighted by molar-refractivity contribution is 7.89. The molecule has 1 aliphatic rings. The van der Waals surface area contributed by atoms with Crippen LogP contribution in [0.2, 0.25) is 0 Å². The molecule has 2 heterocycles. The topological polar surface area (TPSA) is 134 Å². The number of rotatable bonds is 14. The van der Waals surface area contributed by atoms with Crippen LogP contribution in [0.3, 0.4) is 0 Å². The number of amides is 1. The Balaban J connectivity index is 1.33. The highest BCUT2D eigenvalue weighted by Crippen LogP contribution is 2.33. The van der Waals surface area contributed by atoms with E-state index in [9.17, 15) is 28.4 Å². The number of nitrogens with zero attached hydrogens (tertiary/aromatic N) is 4. The molecule has 0 aliphatic carbocycles. The summed E-state index contributed by atoms with van der Waals surface area (Å²) < 4.78 is 33.5. The molecule has 0 unspecified atom stereocenters. The zero-order valence-electron chi connectivity index (χ0n) is 25.1. The zero-order chi connectivity index (χ0) is 31.7. The van der Waals surface area contributed by atoms with Crippen molar-refractivity contribution in [1.29, 1.82) is 0 Å². The number of hydrogen-bond donors (Lipinski definition) is 1. The second kappa shape index (κ2) is 15.1.